The predicted octanol–water partition coefficient (Wildman–Crippen LogP) is 4.04. The van der Waals surface area contributed by atoms with Gasteiger partial charge in [0.2, 0.25) is 0 Å². The fraction of sp³-hybridized carbons (Fsp3) is 0.200. The highest BCUT2D eigenvalue weighted by molar-refractivity contribution is 5.65. The van der Waals surface area contributed by atoms with Crippen LogP contribution in [0.5, 0.6) is 0 Å². The van der Waals surface area contributed by atoms with Crippen LogP contribution in [0.25, 0.3) is 0 Å². The SMILES string of the molecule is FC(F)(F)C(=C=Nc1ccccc1)C(F)(F)F. The molecule has 17 heavy (non-hydrogen) atoms. The summed E-state index contributed by atoms with van der Waals surface area (Å²) in [5.74, 6) is 1.01. The first-order chi connectivity index (χ1) is 7.71. The van der Waals surface area contributed by atoms with Crippen molar-refractivity contribution in [1.29, 1.82) is 0 Å². The van der Waals surface area contributed by atoms with Gasteiger partial charge in [0.1, 0.15) is 0 Å². The first-order valence-electron chi connectivity index (χ1n) is 4.24. The van der Waals surface area contributed by atoms with Gasteiger partial charge in [0.25, 0.3) is 0 Å². The Morgan fingerprint density at radius 1 is 0.882 bits per heavy atom. The van der Waals surface area contributed by atoms with Gasteiger partial charge in [-0.05, 0) is 12.1 Å². The zero-order chi connectivity index (χ0) is 13.1. The van der Waals surface area contributed by atoms with Crippen LogP contribution in [0.2, 0.25) is 0 Å². The number of rotatable bonds is 1. The lowest BCUT2D eigenvalue weighted by Crippen LogP contribution is -2.26. The van der Waals surface area contributed by atoms with E-state index in [0.29, 0.717) is 0 Å². The van der Waals surface area contributed by atoms with E-state index in [0.717, 1.165) is 5.87 Å². The van der Waals surface area contributed by atoms with Crippen molar-refractivity contribution in [1.82, 2.24) is 0 Å². The second-order valence-electron chi connectivity index (χ2n) is 2.93. The topological polar surface area (TPSA) is 12.4 Å². The Balaban J connectivity index is 3.21. The van der Waals surface area contributed by atoms with Gasteiger partial charge in [0, 0.05) is 5.87 Å². The average molecular weight is 253 g/mol. The third kappa shape index (κ3) is 3.96. The van der Waals surface area contributed by atoms with Gasteiger partial charge in [0.15, 0.2) is 5.57 Å². The van der Waals surface area contributed by atoms with Crippen LogP contribution in [0, 0.1) is 0 Å². The highest BCUT2D eigenvalue weighted by Gasteiger charge is 2.51. The van der Waals surface area contributed by atoms with Crippen molar-refractivity contribution in [3.8, 4) is 0 Å². The average Bonchev–Trinajstić information content (AvgIpc) is 2.15. The Hall–Kier alpha value is -1.75. The van der Waals surface area contributed by atoms with Crippen molar-refractivity contribution < 1.29 is 26.3 Å². The zero-order valence-corrected chi connectivity index (χ0v) is 8.10. The molecule has 0 fully saturated rings. The van der Waals surface area contributed by atoms with Crippen molar-refractivity contribution in [2.45, 2.75) is 12.4 Å². The van der Waals surface area contributed by atoms with Gasteiger partial charge in [-0.15, -0.1) is 0 Å². The number of benzene rings is 1. The molecule has 0 N–H and O–H groups in total. The van der Waals surface area contributed by atoms with Gasteiger partial charge in [-0.1, -0.05) is 18.2 Å². The first kappa shape index (κ1) is 13.3. The van der Waals surface area contributed by atoms with E-state index in [-0.39, 0.29) is 5.69 Å². The summed E-state index contributed by atoms with van der Waals surface area (Å²) in [6.07, 6.45) is -11.1. The molecule has 1 aromatic rings. The standard InChI is InChI=1S/C10H5F6N/c11-9(12,13)8(10(14,15)16)6-17-7-4-2-1-3-5-7/h1-5H. The summed E-state index contributed by atoms with van der Waals surface area (Å²) in [5.41, 5.74) is -2.80. The van der Waals surface area contributed by atoms with Crippen molar-refractivity contribution in [3.05, 3.63) is 35.9 Å². The molecule has 0 radical (unpaired) electrons. The Morgan fingerprint density at radius 3 is 1.76 bits per heavy atom. The van der Waals surface area contributed by atoms with Crippen LogP contribution in [-0.2, 0) is 0 Å². The molecule has 0 amide bonds. The van der Waals surface area contributed by atoms with Crippen LogP contribution in [0.3, 0.4) is 0 Å². The summed E-state index contributed by atoms with van der Waals surface area (Å²) >= 11 is 0. The number of halogens is 6. The molecule has 0 saturated heterocycles. The van der Waals surface area contributed by atoms with Gasteiger partial charge in [-0.2, -0.15) is 26.3 Å². The normalized spacial score (nSPS) is 11.9. The molecule has 0 saturated carbocycles. The number of allylic oxidation sites excluding steroid dienone is 1. The van der Waals surface area contributed by atoms with Crippen molar-refractivity contribution in [2.24, 2.45) is 4.99 Å². The lowest BCUT2D eigenvalue weighted by atomic mass is 10.3. The molecule has 0 aromatic heterocycles. The molecule has 1 rings (SSSR count). The number of hydrogen-bond acceptors (Lipinski definition) is 1. The molecule has 0 aliphatic heterocycles. The second-order valence-corrected chi connectivity index (χ2v) is 2.93. The first-order valence-corrected chi connectivity index (χ1v) is 4.24. The molecule has 1 nitrogen and oxygen atoms in total. The molecule has 0 atom stereocenters. The van der Waals surface area contributed by atoms with E-state index in [1.54, 1.807) is 6.07 Å². The molecule has 1 aromatic carbocycles. The van der Waals surface area contributed by atoms with Crippen LogP contribution in [-0.4, -0.2) is 18.2 Å². The minimum Gasteiger partial charge on any atom is -0.206 e. The lowest BCUT2D eigenvalue weighted by molar-refractivity contribution is -0.169. The minimum atomic E-state index is -5.53. The minimum absolute atomic E-state index is 0.0431. The highest BCUT2D eigenvalue weighted by Crippen LogP contribution is 2.36. The summed E-state index contributed by atoms with van der Waals surface area (Å²) in [4.78, 5) is 3.01. The van der Waals surface area contributed by atoms with Crippen molar-refractivity contribution in [2.75, 3.05) is 0 Å². The molecular formula is C10H5F6N. The van der Waals surface area contributed by atoms with E-state index < -0.39 is 17.9 Å². The van der Waals surface area contributed by atoms with Crippen LogP contribution >= 0.6 is 0 Å². The molecule has 0 aliphatic carbocycles. The van der Waals surface area contributed by atoms with Crippen molar-refractivity contribution in [3.63, 3.8) is 0 Å². The van der Waals surface area contributed by atoms with E-state index in [1.807, 2.05) is 0 Å². The molecule has 0 unspecified atom stereocenters. The fourth-order valence-corrected chi connectivity index (χ4v) is 0.910. The highest BCUT2D eigenvalue weighted by atomic mass is 19.4. The third-order valence-corrected chi connectivity index (χ3v) is 1.62. The molecule has 0 bridgehead atoms. The Morgan fingerprint density at radius 2 is 1.35 bits per heavy atom. The monoisotopic (exact) mass is 253 g/mol. The molecule has 0 heterocycles. The van der Waals surface area contributed by atoms with E-state index in [4.69, 9.17) is 0 Å². The summed E-state index contributed by atoms with van der Waals surface area (Å²) in [6, 6.07) is 6.94. The van der Waals surface area contributed by atoms with Gasteiger partial charge in [0.05, 0.1) is 5.69 Å². The maximum atomic E-state index is 12.0. The maximum absolute atomic E-state index is 12.0. The Labute approximate surface area is 92.1 Å². The van der Waals surface area contributed by atoms with Crippen LogP contribution in [0.1, 0.15) is 0 Å². The van der Waals surface area contributed by atoms with Crippen LogP contribution in [0.4, 0.5) is 32.0 Å². The number of hydrogen-bond donors (Lipinski definition) is 0. The van der Waals surface area contributed by atoms with Gasteiger partial charge < -0.3 is 0 Å². The van der Waals surface area contributed by atoms with Gasteiger partial charge in [-0.25, -0.2) is 4.99 Å². The summed E-state index contributed by atoms with van der Waals surface area (Å²) in [7, 11) is 0. The third-order valence-electron chi connectivity index (χ3n) is 1.62. The number of alkyl halides is 6. The van der Waals surface area contributed by atoms with Gasteiger partial charge >= 0.3 is 12.4 Å². The van der Waals surface area contributed by atoms with Crippen LogP contribution < -0.4 is 0 Å². The molecular weight excluding hydrogens is 248 g/mol. The molecule has 0 spiro atoms. The van der Waals surface area contributed by atoms with E-state index >= 15 is 0 Å². The zero-order valence-electron chi connectivity index (χ0n) is 8.10. The Kier molecular flexibility index (Phi) is 3.63. The predicted molar refractivity (Wildman–Crippen MR) is 49.2 cm³/mol. The van der Waals surface area contributed by atoms with Crippen molar-refractivity contribution >= 4 is 11.6 Å². The quantitative estimate of drug-likeness (QED) is 0.529. The van der Waals surface area contributed by atoms with E-state index in [2.05, 4.69) is 4.99 Å². The van der Waals surface area contributed by atoms with E-state index in [1.165, 1.54) is 24.3 Å². The summed E-state index contributed by atoms with van der Waals surface area (Å²) in [6.45, 7) is 0. The largest absolute Gasteiger partial charge is 0.430 e. The molecule has 7 heteroatoms. The Bertz CT molecular complexity index is 420. The maximum Gasteiger partial charge on any atom is 0.430 e. The lowest BCUT2D eigenvalue weighted by Gasteiger charge is -2.11. The second kappa shape index (κ2) is 4.63. The molecule has 0 aliphatic rings. The number of nitrogens with zero attached hydrogens (tertiary/aromatic N) is 1. The number of para-hydroxylation sites is 1. The fourth-order valence-electron chi connectivity index (χ4n) is 0.910. The summed E-state index contributed by atoms with van der Waals surface area (Å²) in [5, 5.41) is 0. The van der Waals surface area contributed by atoms with Crippen LogP contribution in [0.15, 0.2) is 40.9 Å². The molecule has 92 valence electrons. The number of aliphatic imine (C=N–C) groups is 1. The van der Waals surface area contributed by atoms with E-state index in [9.17, 15) is 26.3 Å². The summed E-state index contributed by atoms with van der Waals surface area (Å²) < 4.78 is 72.2. The van der Waals surface area contributed by atoms with Gasteiger partial charge in [-0.3, -0.25) is 0 Å². The smallest absolute Gasteiger partial charge is 0.206 e.